The van der Waals surface area contributed by atoms with Crippen LogP contribution in [0.25, 0.3) is 11.5 Å². The van der Waals surface area contributed by atoms with Gasteiger partial charge in [-0.05, 0) is 43.5 Å². The third-order valence-electron chi connectivity index (χ3n) is 4.39. The maximum Gasteiger partial charge on any atom is 0.254 e. The molecule has 6 heteroatoms. The van der Waals surface area contributed by atoms with Gasteiger partial charge in [-0.15, -0.1) is 10.2 Å². The van der Waals surface area contributed by atoms with Crippen molar-refractivity contribution in [2.24, 2.45) is 0 Å². The van der Waals surface area contributed by atoms with Crippen LogP contribution >= 0.6 is 0 Å². The lowest BCUT2D eigenvalue weighted by Gasteiger charge is -2.34. The SMILES string of the molecule is CCC(=O)C1CCCCN1C(=O)c1ccc(-c2nnc(C)o2)cc1. The largest absolute Gasteiger partial charge is 0.421 e. The summed E-state index contributed by atoms with van der Waals surface area (Å²) in [5.41, 5.74) is 1.35. The number of amides is 1. The van der Waals surface area contributed by atoms with Crippen molar-refractivity contribution in [3.8, 4) is 11.5 Å². The number of aromatic nitrogens is 2. The molecule has 0 aliphatic carbocycles. The number of ketones is 1. The Morgan fingerprint density at radius 2 is 1.96 bits per heavy atom. The minimum Gasteiger partial charge on any atom is -0.421 e. The lowest BCUT2D eigenvalue weighted by Crippen LogP contribution is -2.47. The van der Waals surface area contributed by atoms with Crippen molar-refractivity contribution < 1.29 is 14.0 Å². The second-order valence-corrected chi connectivity index (χ2v) is 6.03. The van der Waals surface area contributed by atoms with E-state index < -0.39 is 0 Å². The van der Waals surface area contributed by atoms with Crippen LogP contribution < -0.4 is 0 Å². The molecule has 1 aliphatic rings. The highest BCUT2D eigenvalue weighted by molar-refractivity contribution is 5.98. The van der Waals surface area contributed by atoms with E-state index in [2.05, 4.69) is 10.2 Å². The van der Waals surface area contributed by atoms with E-state index in [-0.39, 0.29) is 17.7 Å². The fourth-order valence-corrected chi connectivity index (χ4v) is 3.08. The molecule has 1 amide bonds. The van der Waals surface area contributed by atoms with E-state index in [0.29, 0.717) is 30.3 Å². The predicted molar refractivity (Wildman–Crippen MR) is 88.4 cm³/mol. The van der Waals surface area contributed by atoms with Crippen LogP contribution in [0.4, 0.5) is 0 Å². The molecular formula is C18H21N3O3. The number of Topliss-reactive ketones (excluding diaryl/α,β-unsaturated/α-hetero) is 1. The topological polar surface area (TPSA) is 76.3 Å². The Morgan fingerprint density at radius 1 is 1.21 bits per heavy atom. The van der Waals surface area contributed by atoms with Crippen molar-refractivity contribution in [2.75, 3.05) is 6.54 Å². The molecule has 1 atom stereocenters. The number of hydrogen-bond acceptors (Lipinski definition) is 5. The number of carbonyl (C=O) groups is 2. The van der Waals surface area contributed by atoms with Gasteiger partial charge in [-0.25, -0.2) is 0 Å². The summed E-state index contributed by atoms with van der Waals surface area (Å²) in [6.45, 7) is 4.22. The molecular weight excluding hydrogens is 306 g/mol. The predicted octanol–water partition coefficient (Wildman–Crippen LogP) is 3.02. The van der Waals surface area contributed by atoms with Crippen molar-refractivity contribution in [2.45, 2.75) is 45.6 Å². The lowest BCUT2D eigenvalue weighted by molar-refractivity contribution is -0.124. The number of hydrogen-bond donors (Lipinski definition) is 0. The summed E-state index contributed by atoms with van der Waals surface area (Å²) in [5, 5.41) is 7.77. The summed E-state index contributed by atoms with van der Waals surface area (Å²) >= 11 is 0. The van der Waals surface area contributed by atoms with Gasteiger partial charge in [0.25, 0.3) is 5.91 Å². The third kappa shape index (κ3) is 3.22. The summed E-state index contributed by atoms with van der Waals surface area (Å²) in [7, 11) is 0. The number of nitrogens with zero attached hydrogens (tertiary/aromatic N) is 3. The number of rotatable bonds is 4. The van der Waals surface area contributed by atoms with Crippen molar-refractivity contribution in [3.05, 3.63) is 35.7 Å². The van der Waals surface area contributed by atoms with E-state index in [1.54, 1.807) is 36.1 Å². The first-order chi connectivity index (χ1) is 11.6. The van der Waals surface area contributed by atoms with E-state index in [9.17, 15) is 9.59 Å². The Bertz CT molecular complexity index is 736. The number of carbonyl (C=O) groups excluding carboxylic acids is 2. The molecule has 24 heavy (non-hydrogen) atoms. The normalized spacial score (nSPS) is 17.8. The molecule has 6 nitrogen and oxygen atoms in total. The molecule has 2 aromatic rings. The van der Waals surface area contributed by atoms with Gasteiger partial charge in [0.05, 0.1) is 6.04 Å². The molecule has 126 valence electrons. The lowest BCUT2D eigenvalue weighted by atomic mass is 9.96. The van der Waals surface area contributed by atoms with Gasteiger partial charge < -0.3 is 9.32 Å². The average molecular weight is 327 g/mol. The van der Waals surface area contributed by atoms with Gasteiger partial charge in [0.2, 0.25) is 11.8 Å². The van der Waals surface area contributed by atoms with Gasteiger partial charge in [0.15, 0.2) is 5.78 Å². The van der Waals surface area contributed by atoms with Crippen LogP contribution in [0.2, 0.25) is 0 Å². The smallest absolute Gasteiger partial charge is 0.254 e. The minimum atomic E-state index is -0.283. The van der Waals surface area contributed by atoms with Crippen molar-refractivity contribution in [3.63, 3.8) is 0 Å². The van der Waals surface area contributed by atoms with Gasteiger partial charge >= 0.3 is 0 Å². The zero-order valence-corrected chi connectivity index (χ0v) is 14.0. The minimum absolute atomic E-state index is 0.0882. The second-order valence-electron chi connectivity index (χ2n) is 6.03. The number of likely N-dealkylation sites (tertiary alicyclic amines) is 1. The Balaban J connectivity index is 1.80. The first-order valence-corrected chi connectivity index (χ1v) is 8.34. The molecule has 1 aromatic heterocycles. The maximum atomic E-state index is 12.8. The Morgan fingerprint density at radius 3 is 2.58 bits per heavy atom. The molecule has 1 aromatic carbocycles. The highest BCUT2D eigenvalue weighted by Gasteiger charge is 2.31. The number of benzene rings is 1. The molecule has 1 aliphatic heterocycles. The van der Waals surface area contributed by atoms with Crippen LogP contribution in [0.5, 0.6) is 0 Å². The first-order valence-electron chi connectivity index (χ1n) is 8.34. The molecule has 1 fully saturated rings. The molecule has 1 saturated heterocycles. The van der Waals surface area contributed by atoms with Crippen LogP contribution in [0.15, 0.2) is 28.7 Å². The quantitative estimate of drug-likeness (QED) is 0.862. The van der Waals surface area contributed by atoms with Crippen molar-refractivity contribution >= 4 is 11.7 Å². The fraction of sp³-hybridized carbons (Fsp3) is 0.444. The van der Waals surface area contributed by atoms with Gasteiger partial charge in [0, 0.05) is 31.0 Å². The van der Waals surface area contributed by atoms with Crippen LogP contribution in [0.3, 0.4) is 0 Å². The monoisotopic (exact) mass is 327 g/mol. The van der Waals surface area contributed by atoms with E-state index in [4.69, 9.17) is 4.42 Å². The summed E-state index contributed by atoms with van der Waals surface area (Å²) in [6, 6.07) is 6.80. The summed E-state index contributed by atoms with van der Waals surface area (Å²) < 4.78 is 5.39. The third-order valence-corrected chi connectivity index (χ3v) is 4.39. The highest BCUT2D eigenvalue weighted by Crippen LogP contribution is 2.23. The van der Waals surface area contributed by atoms with Gasteiger partial charge in [-0.3, -0.25) is 9.59 Å². The van der Waals surface area contributed by atoms with E-state index in [0.717, 1.165) is 24.8 Å². The molecule has 0 bridgehead atoms. The Kier molecular flexibility index (Phi) is 4.74. The molecule has 1 unspecified atom stereocenters. The van der Waals surface area contributed by atoms with Crippen molar-refractivity contribution in [1.82, 2.24) is 15.1 Å². The van der Waals surface area contributed by atoms with E-state index >= 15 is 0 Å². The molecule has 2 heterocycles. The standard InChI is InChI=1S/C18H21N3O3/c1-3-16(22)15-6-4-5-11-21(15)18(23)14-9-7-13(8-10-14)17-20-19-12(2)24-17/h7-10,15H,3-6,11H2,1-2H3. The Labute approximate surface area is 140 Å². The van der Waals surface area contributed by atoms with Crippen LogP contribution in [-0.4, -0.2) is 39.4 Å². The fourth-order valence-electron chi connectivity index (χ4n) is 3.08. The molecule has 0 saturated carbocycles. The van der Waals surface area contributed by atoms with Crippen LogP contribution in [0.1, 0.15) is 48.9 Å². The van der Waals surface area contributed by atoms with E-state index in [1.165, 1.54) is 0 Å². The van der Waals surface area contributed by atoms with Crippen molar-refractivity contribution in [1.29, 1.82) is 0 Å². The highest BCUT2D eigenvalue weighted by atomic mass is 16.4. The summed E-state index contributed by atoms with van der Waals surface area (Å²) in [5.74, 6) is 0.985. The van der Waals surface area contributed by atoms with Gasteiger partial charge in [0.1, 0.15) is 0 Å². The van der Waals surface area contributed by atoms with E-state index in [1.807, 2.05) is 6.92 Å². The maximum absolute atomic E-state index is 12.8. The number of aryl methyl sites for hydroxylation is 1. The van der Waals surface area contributed by atoms with Crippen LogP contribution in [0, 0.1) is 6.92 Å². The van der Waals surface area contributed by atoms with Gasteiger partial charge in [-0.1, -0.05) is 6.92 Å². The Hall–Kier alpha value is -2.50. The zero-order chi connectivity index (χ0) is 17.1. The summed E-state index contributed by atoms with van der Waals surface area (Å²) in [6.07, 6.45) is 3.16. The molecule has 0 radical (unpaired) electrons. The molecule has 3 rings (SSSR count). The molecule has 0 N–H and O–H groups in total. The van der Waals surface area contributed by atoms with Crippen LogP contribution in [-0.2, 0) is 4.79 Å². The number of piperidine rings is 1. The second kappa shape index (κ2) is 6.95. The first kappa shape index (κ1) is 16.4. The molecule has 0 spiro atoms. The average Bonchev–Trinajstić information content (AvgIpc) is 3.07. The zero-order valence-electron chi connectivity index (χ0n) is 14.0. The van der Waals surface area contributed by atoms with Gasteiger partial charge in [-0.2, -0.15) is 0 Å². The summed E-state index contributed by atoms with van der Waals surface area (Å²) in [4.78, 5) is 26.7.